The topological polar surface area (TPSA) is 18.5 Å². The first-order chi connectivity index (χ1) is 8.40. The van der Waals surface area contributed by atoms with Gasteiger partial charge in [-0.3, -0.25) is 9.80 Å². The molecule has 2 unspecified atom stereocenters. The van der Waals surface area contributed by atoms with Crippen LogP contribution in [-0.2, 0) is 0 Å². The molecule has 0 saturated carbocycles. The predicted molar refractivity (Wildman–Crippen MR) is 80.1 cm³/mol. The summed E-state index contributed by atoms with van der Waals surface area (Å²) in [4.78, 5) is 5.25. The molecule has 1 N–H and O–H groups in total. The van der Waals surface area contributed by atoms with E-state index in [2.05, 4.69) is 56.7 Å². The summed E-state index contributed by atoms with van der Waals surface area (Å²) in [6, 6.07) is 1.29. The Morgan fingerprint density at radius 3 is 2.00 bits per heavy atom. The molecule has 3 heteroatoms. The maximum absolute atomic E-state index is 3.62. The number of likely N-dealkylation sites (N-methyl/N-ethyl adjacent to an activating group) is 1. The Labute approximate surface area is 114 Å². The van der Waals surface area contributed by atoms with Gasteiger partial charge in [0.05, 0.1) is 0 Å². The molecule has 0 aromatic rings. The van der Waals surface area contributed by atoms with Crippen LogP contribution in [0, 0.1) is 0 Å². The van der Waals surface area contributed by atoms with Gasteiger partial charge in [0, 0.05) is 43.8 Å². The normalized spacial score (nSPS) is 23.0. The second-order valence-electron chi connectivity index (χ2n) is 6.51. The lowest BCUT2D eigenvalue weighted by Gasteiger charge is -2.45. The Kier molecular flexibility index (Phi) is 6.09. The van der Waals surface area contributed by atoms with Gasteiger partial charge in [-0.05, 0) is 40.7 Å². The van der Waals surface area contributed by atoms with Gasteiger partial charge < -0.3 is 5.32 Å². The fourth-order valence-electron chi connectivity index (χ4n) is 2.97. The van der Waals surface area contributed by atoms with Gasteiger partial charge in [-0.2, -0.15) is 0 Å². The zero-order chi connectivity index (χ0) is 13.8. The average Bonchev–Trinajstić information content (AvgIpc) is 2.34. The van der Waals surface area contributed by atoms with E-state index >= 15 is 0 Å². The number of piperazine rings is 1. The second kappa shape index (κ2) is 6.88. The van der Waals surface area contributed by atoms with Crippen LogP contribution < -0.4 is 5.32 Å². The van der Waals surface area contributed by atoms with Crippen LogP contribution in [-0.4, -0.2) is 60.1 Å². The van der Waals surface area contributed by atoms with Crippen molar-refractivity contribution in [1.82, 2.24) is 15.1 Å². The largest absolute Gasteiger partial charge is 0.313 e. The van der Waals surface area contributed by atoms with Crippen molar-refractivity contribution in [3.63, 3.8) is 0 Å². The van der Waals surface area contributed by atoms with Gasteiger partial charge in [-0.15, -0.1) is 0 Å². The van der Waals surface area contributed by atoms with Crippen molar-refractivity contribution in [2.75, 3.05) is 32.7 Å². The van der Waals surface area contributed by atoms with E-state index in [1.54, 1.807) is 0 Å². The SMILES string of the molecule is CCNC(CC)C(C)N1CCN(C(C)(C)C)CC1. The highest BCUT2D eigenvalue weighted by atomic mass is 15.3. The average molecular weight is 255 g/mol. The molecule has 18 heavy (non-hydrogen) atoms. The first-order valence-corrected chi connectivity index (χ1v) is 7.62. The van der Waals surface area contributed by atoms with E-state index in [4.69, 9.17) is 0 Å². The Balaban J connectivity index is 2.46. The molecular weight excluding hydrogens is 222 g/mol. The molecule has 1 rings (SSSR count). The first kappa shape index (κ1) is 15.9. The van der Waals surface area contributed by atoms with Crippen molar-refractivity contribution in [3.05, 3.63) is 0 Å². The molecule has 2 atom stereocenters. The number of hydrogen-bond acceptors (Lipinski definition) is 3. The number of nitrogens with one attached hydrogen (secondary N) is 1. The third-order valence-electron chi connectivity index (χ3n) is 4.33. The number of rotatable bonds is 5. The van der Waals surface area contributed by atoms with E-state index in [1.165, 1.54) is 32.6 Å². The van der Waals surface area contributed by atoms with Gasteiger partial charge in [-0.25, -0.2) is 0 Å². The lowest BCUT2D eigenvalue weighted by atomic mass is 10.0. The van der Waals surface area contributed by atoms with E-state index in [1.807, 2.05) is 0 Å². The Morgan fingerprint density at radius 1 is 1.06 bits per heavy atom. The Morgan fingerprint density at radius 2 is 1.61 bits per heavy atom. The van der Waals surface area contributed by atoms with Crippen molar-refractivity contribution in [3.8, 4) is 0 Å². The van der Waals surface area contributed by atoms with Crippen LogP contribution in [0.25, 0.3) is 0 Å². The highest BCUT2D eigenvalue weighted by Crippen LogP contribution is 2.18. The van der Waals surface area contributed by atoms with Crippen LogP contribution in [0.15, 0.2) is 0 Å². The summed E-state index contributed by atoms with van der Waals surface area (Å²) in [5.74, 6) is 0. The van der Waals surface area contributed by atoms with Crippen LogP contribution in [0.1, 0.15) is 48.0 Å². The minimum atomic E-state index is 0.321. The molecule has 0 bridgehead atoms. The zero-order valence-electron chi connectivity index (χ0n) is 13.3. The molecule has 0 aliphatic carbocycles. The van der Waals surface area contributed by atoms with E-state index in [0.717, 1.165) is 6.54 Å². The van der Waals surface area contributed by atoms with Crippen molar-refractivity contribution in [1.29, 1.82) is 0 Å². The Bertz CT molecular complexity index is 226. The molecule has 1 aliphatic rings. The zero-order valence-corrected chi connectivity index (χ0v) is 13.3. The molecule has 3 nitrogen and oxygen atoms in total. The van der Waals surface area contributed by atoms with E-state index in [0.29, 0.717) is 17.6 Å². The molecule has 1 saturated heterocycles. The van der Waals surface area contributed by atoms with E-state index in [-0.39, 0.29) is 0 Å². The van der Waals surface area contributed by atoms with Gasteiger partial charge >= 0.3 is 0 Å². The summed E-state index contributed by atoms with van der Waals surface area (Å²) in [6.45, 7) is 19.7. The number of nitrogens with zero attached hydrogens (tertiary/aromatic N) is 2. The summed E-state index contributed by atoms with van der Waals surface area (Å²) < 4.78 is 0. The van der Waals surface area contributed by atoms with Crippen molar-refractivity contribution >= 4 is 0 Å². The maximum Gasteiger partial charge on any atom is 0.0222 e. The highest BCUT2D eigenvalue weighted by Gasteiger charge is 2.29. The fourth-order valence-corrected chi connectivity index (χ4v) is 2.97. The molecule has 1 fully saturated rings. The summed E-state index contributed by atoms with van der Waals surface area (Å²) in [7, 11) is 0. The smallest absolute Gasteiger partial charge is 0.0222 e. The lowest BCUT2D eigenvalue weighted by Crippen LogP contribution is -2.58. The minimum absolute atomic E-state index is 0.321. The predicted octanol–water partition coefficient (Wildman–Crippen LogP) is 2.18. The van der Waals surface area contributed by atoms with Gasteiger partial charge in [0.15, 0.2) is 0 Å². The molecule has 0 spiro atoms. The van der Waals surface area contributed by atoms with Crippen LogP contribution in [0.5, 0.6) is 0 Å². The van der Waals surface area contributed by atoms with Gasteiger partial charge in [0.1, 0.15) is 0 Å². The van der Waals surface area contributed by atoms with Crippen LogP contribution in [0.2, 0.25) is 0 Å². The lowest BCUT2D eigenvalue weighted by molar-refractivity contribution is 0.0369. The fraction of sp³-hybridized carbons (Fsp3) is 1.00. The molecule has 0 amide bonds. The molecule has 0 aromatic heterocycles. The molecule has 108 valence electrons. The van der Waals surface area contributed by atoms with Crippen molar-refractivity contribution in [2.45, 2.75) is 65.6 Å². The molecule has 1 heterocycles. The molecule has 0 aromatic carbocycles. The van der Waals surface area contributed by atoms with E-state index < -0.39 is 0 Å². The summed E-state index contributed by atoms with van der Waals surface area (Å²) in [5.41, 5.74) is 0.321. The standard InChI is InChI=1S/C15H33N3/c1-7-14(16-8-2)13(3)17-9-11-18(12-10-17)15(4,5)6/h13-14,16H,7-12H2,1-6H3. The monoisotopic (exact) mass is 255 g/mol. The van der Waals surface area contributed by atoms with Gasteiger partial charge in [0.2, 0.25) is 0 Å². The second-order valence-corrected chi connectivity index (χ2v) is 6.51. The maximum atomic E-state index is 3.62. The highest BCUT2D eigenvalue weighted by molar-refractivity contribution is 4.87. The molecular formula is C15H33N3. The third kappa shape index (κ3) is 4.22. The minimum Gasteiger partial charge on any atom is -0.313 e. The first-order valence-electron chi connectivity index (χ1n) is 7.62. The van der Waals surface area contributed by atoms with Crippen LogP contribution >= 0.6 is 0 Å². The third-order valence-corrected chi connectivity index (χ3v) is 4.33. The van der Waals surface area contributed by atoms with Crippen LogP contribution in [0.4, 0.5) is 0 Å². The number of hydrogen-bond donors (Lipinski definition) is 1. The summed E-state index contributed by atoms with van der Waals surface area (Å²) >= 11 is 0. The van der Waals surface area contributed by atoms with E-state index in [9.17, 15) is 0 Å². The molecule has 0 radical (unpaired) electrons. The van der Waals surface area contributed by atoms with Crippen molar-refractivity contribution < 1.29 is 0 Å². The van der Waals surface area contributed by atoms with Crippen LogP contribution in [0.3, 0.4) is 0 Å². The molecule has 1 aliphatic heterocycles. The van der Waals surface area contributed by atoms with Crippen molar-refractivity contribution in [2.24, 2.45) is 0 Å². The van der Waals surface area contributed by atoms with Gasteiger partial charge in [0.25, 0.3) is 0 Å². The Hall–Kier alpha value is -0.120. The quantitative estimate of drug-likeness (QED) is 0.812. The van der Waals surface area contributed by atoms with Gasteiger partial charge in [-0.1, -0.05) is 13.8 Å². The summed E-state index contributed by atoms with van der Waals surface area (Å²) in [6.07, 6.45) is 1.22. The summed E-state index contributed by atoms with van der Waals surface area (Å²) in [5, 5.41) is 3.62.